The third-order valence-electron chi connectivity index (χ3n) is 3.57. The van der Waals surface area contributed by atoms with Gasteiger partial charge in [0.25, 0.3) is 0 Å². The Morgan fingerprint density at radius 3 is 2.43 bits per heavy atom. The van der Waals surface area contributed by atoms with Crippen molar-refractivity contribution < 1.29 is 9.47 Å². The number of halogens is 1. The molecule has 1 saturated heterocycles. The standard InChI is InChI=1S/C11H19BrO2/c1-8(2)9-3-4-11(10(12)7-9)13-5-6-14-11/h8-10H,3-7H2,1-2H3. The molecule has 0 aromatic rings. The van der Waals surface area contributed by atoms with E-state index in [2.05, 4.69) is 29.8 Å². The summed E-state index contributed by atoms with van der Waals surface area (Å²) in [5.74, 6) is 1.30. The Kier molecular flexibility index (Phi) is 3.20. The van der Waals surface area contributed by atoms with E-state index in [-0.39, 0.29) is 5.79 Å². The second-order valence-corrected chi connectivity index (χ2v) is 5.86. The Morgan fingerprint density at radius 1 is 1.29 bits per heavy atom. The van der Waals surface area contributed by atoms with Gasteiger partial charge in [-0.05, 0) is 24.7 Å². The Bertz CT molecular complexity index is 199. The average Bonchev–Trinajstić information content (AvgIpc) is 2.59. The molecule has 1 saturated carbocycles. The topological polar surface area (TPSA) is 18.5 Å². The summed E-state index contributed by atoms with van der Waals surface area (Å²) in [6.45, 7) is 6.13. The highest BCUT2D eigenvalue weighted by Crippen LogP contribution is 2.44. The van der Waals surface area contributed by atoms with Crippen molar-refractivity contribution in [1.29, 1.82) is 0 Å². The van der Waals surface area contributed by atoms with Crippen LogP contribution in [-0.4, -0.2) is 23.8 Å². The van der Waals surface area contributed by atoms with Gasteiger partial charge in [0.2, 0.25) is 0 Å². The van der Waals surface area contributed by atoms with Gasteiger partial charge in [-0.15, -0.1) is 0 Å². The molecule has 0 amide bonds. The average molecular weight is 263 g/mol. The zero-order valence-electron chi connectivity index (χ0n) is 8.96. The summed E-state index contributed by atoms with van der Waals surface area (Å²) in [6.07, 6.45) is 3.46. The van der Waals surface area contributed by atoms with Crippen LogP contribution in [0.4, 0.5) is 0 Å². The van der Waals surface area contributed by atoms with E-state index < -0.39 is 0 Å². The van der Waals surface area contributed by atoms with Gasteiger partial charge in [-0.2, -0.15) is 0 Å². The van der Waals surface area contributed by atoms with Crippen LogP contribution >= 0.6 is 15.9 Å². The lowest BCUT2D eigenvalue weighted by Gasteiger charge is -2.40. The molecule has 2 rings (SSSR count). The SMILES string of the molecule is CC(C)C1CCC2(OCCO2)C(Br)C1. The van der Waals surface area contributed by atoms with Crippen molar-refractivity contribution in [3.63, 3.8) is 0 Å². The second-order valence-electron chi connectivity index (χ2n) is 4.75. The van der Waals surface area contributed by atoms with Gasteiger partial charge in [0, 0.05) is 6.42 Å². The normalized spacial score (nSPS) is 36.9. The van der Waals surface area contributed by atoms with Gasteiger partial charge in [0.15, 0.2) is 5.79 Å². The first kappa shape index (κ1) is 10.9. The van der Waals surface area contributed by atoms with Crippen molar-refractivity contribution in [2.24, 2.45) is 11.8 Å². The van der Waals surface area contributed by atoms with Crippen LogP contribution in [0.3, 0.4) is 0 Å². The fraction of sp³-hybridized carbons (Fsp3) is 1.00. The molecule has 0 radical (unpaired) electrons. The molecule has 0 bridgehead atoms. The molecule has 1 spiro atoms. The predicted octanol–water partition coefficient (Wildman–Crippen LogP) is 2.95. The highest BCUT2D eigenvalue weighted by Gasteiger charge is 2.47. The molecule has 0 aromatic heterocycles. The van der Waals surface area contributed by atoms with Crippen LogP contribution in [0.25, 0.3) is 0 Å². The van der Waals surface area contributed by atoms with Gasteiger partial charge in [-0.3, -0.25) is 0 Å². The zero-order chi connectivity index (χ0) is 10.2. The molecule has 1 heterocycles. The quantitative estimate of drug-likeness (QED) is 0.677. The van der Waals surface area contributed by atoms with Crippen LogP contribution in [0.15, 0.2) is 0 Å². The summed E-state index contributed by atoms with van der Waals surface area (Å²) in [4.78, 5) is 0.374. The molecule has 2 nitrogen and oxygen atoms in total. The molecule has 2 unspecified atom stereocenters. The third kappa shape index (κ3) is 1.86. The number of alkyl halides is 1. The molecular weight excluding hydrogens is 244 g/mol. The van der Waals surface area contributed by atoms with Crippen LogP contribution in [-0.2, 0) is 9.47 Å². The fourth-order valence-corrected chi connectivity index (χ4v) is 3.48. The Hall–Kier alpha value is 0.400. The summed E-state index contributed by atoms with van der Waals surface area (Å²) in [6, 6.07) is 0. The molecule has 1 aliphatic heterocycles. The van der Waals surface area contributed by atoms with Gasteiger partial charge in [0.1, 0.15) is 0 Å². The van der Waals surface area contributed by atoms with E-state index in [9.17, 15) is 0 Å². The molecule has 0 aromatic carbocycles. The van der Waals surface area contributed by atoms with Gasteiger partial charge in [-0.25, -0.2) is 0 Å². The lowest BCUT2D eigenvalue weighted by Crippen LogP contribution is -2.45. The minimum absolute atomic E-state index is 0.286. The van der Waals surface area contributed by atoms with Crippen molar-refractivity contribution in [1.82, 2.24) is 0 Å². The zero-order valence-corrected chi connectivity index (χ0v) is 10.5. The molecule has 2 fully saturated rings. The van der Waals surface area contributed by atoms with Crippen LogP contribution < -0.4 is 0 Å². The molecule has 0 N–H and O–H groups in total. The Balaban J connectivity index is 1.99. The van der Waals surface area contributed by atoms with Crippen molar-refractivity contribution in [3.8, 4) is 0 Å². The van der Waals surface area contributed by atoms with Gasteiger partial charge in [-0.1, -0.05) is 29.8 Å². The number of hydrogen-bond acceptors (Lipinski definition) is 2. The van der Waals surface area contributed by atoms with E-state index in [0.29, 0.717) is 4.83 Å². The summed E-state index contributed by atoms with van der Waals surface area (Å²) in [7, 11) is 0. The third-order valence-corrected chi connectivity index (χ3v) is 4.64. The van der Waals surface area contributed by atoms with Crippen molar-refractivity contribution in [2.45, 2.75) is 43.7 Å². The predicted molar refractivity (Wildman–Crippen MR) is 59.5 cm³/mol. The van der Waals surface area contributed by atoms with Gasteiger partial charge in [0.05, 0.1) is 18.0 Å². The first-order valence-electron chi connectivity index (χ1n) is 5.56. The van der Waals surface area contributed by atoms with Crippen molar-refractivity contribution >= 4 is 15.9 Å². The number of hydrogen-bond donors (Lipinski definition) is 0. The van der Waals surface area contributed by atoms with E-state index in [0.717, 1.165) is 31.5 Å². The Labute approximate surface area is 94.5 Å². The Morgan fingerprint density at radius 2 is 1.93 bits per heavy atom. The largest absolute Gasteiger partial charge is 0.346 e. The summed E-state index contributed by atoms with van der Waals surface area (Å²) >= 11 is 3.73. The van der Waals surface area contributed by atoms with Crippen molar-refractivity contribution in [2.75, 3.05) is 13.2 Å². The maximum Gasteiger partial charge on any atom is 0.180 e. The van der Waals surface area contributed by atoms with Crippen LogP contribution in [0.1, 0.15) is 33.1 Å². The van der Waals surface area contributed by atoms with E-state index in [1.54, 1.807) is 0 Å². The van der Waals surface area contributed by atoms with Gasteiger partial charge < -0.3 is 9.47 Å². The van der Waals surface area contributed by atoms with Gasteiger partial charge >= 0.3 is 0 Å². The minimum Gasteiger partial charge on any atom is -0.346 e. The lowest BCUT2D eigenvalue weighted by atomic mass is 9.79. The highest BCUT2D eigenvalue weighted by molar-refractivity contribution is 9.09. The maximum absolute atomic E-state index is 5.75. The minimum atomic E-state index is -0.286. The molecule has 14 heavy (non-hydrogen) atoms. The number of rotatable bonds is 1. The van der Waals surface area contributed by atoms with Crippen LogP contribution in [0, 0.1) is 11.8 Å². The monoisotopic (exact) mass is 262 g/mol. The lowest BCUT2D eigenvalue weighted by molar-refractivity contribution is -0.177. The first-order valence-corrected chi connectivity index (χ1v) is 6.47. The molecule has 2 atom stereocenters. The van der Waals surface area contributed by atoms with E-state index in [1.165, 1.54) is 12.8 Å². The maximum atomic E-state index is 5.75. The molecule has 2 aliphatic rings. The highest BCUT2D eigenvalue weighted by atomic mass is 79.9. The molecule has 82 valence electrons. The molecular formula is C11H19BrO2. The number of ether oxygens (including phenoxy) is 2. The summed E-state index contributed by atoms with van der Waals surface area (Å²) in [5, 5.41) is 0. The van der Waals surface area contributed by atoms with Crippen LogP contribution in [0.5, 0.6) is 0 Å². The van der Waals surface area contributed by atoms with E-state index >= 15 is 0 Å². The van der Waals surface area contributed by atoms with Crippen LogP contribution in [0.2, 0.25) is 0 Å². The van der Waals surface area contributed by atoms with E-state index in [1.807, 2.05) is 0 Å². The van der Waals surface area contributed by atoms with E-state index in [4.69, 9.17) is 9.47 Å². The summed E-state index contributed by atoms with van der Waals surface area (Å²) in [5.41, 5.74) is 0. The fourth-order valence-electron chi connectivity index (χ4n) is 2.51. The molecule has 1 aliphatic carbocycles. The smallest absolute Gasteiger partial charge is 0.180 e. The first-order chi connectivity index (χ1) is 6.64. The summed E-state index contributed by atoms with van der Waals surface area (Å²) < 4.78 is 11.5. The van der Waals surface area contributed by atoms with Crippen molar-refractivity contribution in [3.05, 3.63) is 0 Å². The second kappa shape index (κ2) is 4.11. The molecule has 3 heteroatoms.